The Hall–Kier alpha value is -3.28. The molecule has 30 heavy (non-hydrogen) atoms. The van der Waals surface area contributed by atoms with Gasteiger partial charge < -0.3 is 18.6 Å². The van der Waals surface area contributed by atoms with E-state index in [4.69, 9.17) is 18.6 Å². The Balaban J connectivity index is 1.68. The first kappa shape index (κ1) is 21.4. The Bertz CT molecular complexity index is 979. The second-order valence-electron chi connectivity index (χ2n) is 6.71. The van der Waals surface area contributed by atoms with Crippen molar-refractivity contribution in [3.63, 3.8) is 0 Å². The summed E-state index contributed by atoms with van der Waals surface area (Å²) in [6.45, 7) is 5.06. The zero-order valence-electron chi connectivity index (χ0n) is 17.6. The van der Waals surface area contributed by atoms with Gasteiger partial charge in [-0.3, -0.25) is 4.79 Å². The highest BCUT2D eigenvalue weighted by atomic mass is 16.5. The first-order valence-electron chi connectivity index (χ1n) is 10.2. The van der Waals surface area contributed by atoms with Crippen LogP contribution in [0.2, 0.25) is 0 Å². The summed E-state index contributed by atoms with van der Waals surface area (Å²) in [6.07, 6.45) is 3.29. The van der Waals surface area contributed by atoms with E-state index in [1.807, 2.05) is 50.2 Å². The van der Waals surface area contributed by atoms with Crippen LogP contribution in [0.5, 0.6) is 17.2 Å². The number of ketones is 1. The number of carbonyl (C=O) groups excluding carboxylic acids is 1. The van der Waals surface area contributed by atoms with Gasteiger partial charge in [-0.1, -0.05) is 19.1 Å². The molecule has 3 aromatic rings. The summed E-state index contributed by atoms with van der Waals surface area (Å²) in [5, 5.41) is 0. The van der Waals surface area contributed by atoms with Crippen molar-refractivity contribution < 1.29 is 23.4 Å². The molecule has 0 spiro atoms. The van der Waals surface area contributed by atoms with E-state index in [-0.39, 0.29) is 5.78 Å². The van der Waals surface area contributed by atoms with Crippen LogP contribution in [0.25, 0.3) is 11.5 Å². The number of ether oxygens (including phenoxy) is 3. The monoisotopic (exact) mass is 409 g/mol. The molecule has 1 aromatic heterocycles. The number of benzene rings is 2. The molecule has 0 unspecified atom stereocenters. The van der Waals surface area contributed by atoms with Crippen molar-refractivity contribution in [1.82, 2.24) is 4.98 Å². The van der Waals surface area contributed by atoms with Crippen molar-refractivity contribution >= 4 is 5.78 Å². The maximum Gasteiger partial charge on any atom is 0.226 e. The fourth-order valence-electron chi connectivity index (χ4n) is 3.04. The maximum atomic E-state index is 12.7. The molecule has 0 atom stereocenters. The molecular formula is C24H27NO5. The standard InChI is InChI=1S/C24H27NO5/c1-4-14-29-21-9-7-6-8-19(21)20(26)12-11-18-16-30-24(25-18)17-10-13-22(27-3)23(15-17)28-5-2/h6-10,13,15-16H,4-5,11-12,14H2,1-3H3. The average Bonchev–Trinajstić information content (AvgIpc) is 3.25. The molecule has 0 amide bonds. The van der Waals surface area contributed by atoms with Gasteiger partial charge in [0.05, 0.1) is 31.6 Å². The van der Waals surface area contributed by atoms with Gasteiger partial charge in [0, 0.05) is 18.4 Å². The number of aryl methyl sites for hydroxylation is 1. The molecule has 0 radical (unpaired) electrons. The molecule has 6 nitrogen and oxygen atoms in total. The Morgan fingerprint density at radius 3 is 2.63 bits per heavy atom. The molecule has 0 saturated heterocycles. The first-order valence-corrected chi connectivity index (χ1v) is 10.2. The van der Waals surface area contributed by atoms with Crippen molar-refractivity contribution in [2.75, 3.05) is 20.3 Å². The first-order chi connectivity index (χ1) is 14.7. The molecule has 2 aromatic carbocycles. The van der Waals surface area contributed by atoms with Crippen molar-refractivity contribution in [3.05, 3.63) is 60.0 Å². The molecule has 3 rings (SSSR count). The van der Waals surface area contributed by atoms with Gasteiger partial charge in [-0.05, 0) is 43.7 Å². The second-order valence-corrected chi connectivity index (χ2v) is 6.71. The molecule has 0 N–H and O–H groups in total. The van der Waals surface area contributed by atoms with Crippen molar-refractivity contribution in [2.45, 2.75) is 33.1 Å². The second kappa shape index (κ2) is 10.5. The van der Waals surface area contributed by atoms with E-state index >= 15 is 0 Å². The highest BCUT2D eigenvalue weighted by molar-refractivity contribution is 5.98. The largest absolute Gasteiger partial charge is 0.493 e. The van der Waals surface area contributed by atoms with Crippen LogP contribution in [-0.4, -0.2) is 31.1 Å². The SMILES string of the molecule is CCCOc1ccccc1C(=O)CCc1coc(-c2ccc(OC)c(OCC)c2)n1. The topological polar surface area (TPSA) is 70.8 Å². The van der Waals surface area contributed by atoms with Crippen LogP contribution in [-0.2, 0) is 6.42 Å². The third-order valence-electron chi connectivity index (χ3n) is 4.52. The third kappa shape index (κ3) is 5.20. The molecule has 158 valence electrons. The molecule has 6 heteroatoms. The normalized spacial score (nSPS) is 10.6. The summed E-state index contributed by atoms with van der Waals surface area (Å²) in [5.74, 6) is 2.42. The number of hydrogen-bond donors (Lipinski definition) is 0. The van der Waals surface area contributed by atoms with E-state index in [1.54, 1.807) is 19.4 Å². The third-order valence-corrected chi connectivity index (χ3v) is 4.52. The minimum atomic E-state index is 0.0225. The molecule has 0 aliphatic carbocycles. The number of nitrogens with zero attached hydrogens (tertiary/aromatic N) is 1. The lowest BCUT2D eigenvalue weighted by molar-refractivity contribution is 0.0978. The van der Waals surface area contributed by atoms with Gasteiger partial charge in [0.25, 0.3) is 0 Å². The number of hydrogen-bond acceptors (Lipinski definition) is 6. The van der Waals surface area contributed by atoms with Gasteiger partial charge in [-0.25, -0.2) is 4.98 Å². The molecular weight excluding hydrogens is 382 g/mol. The Morgan fingerprint density at radius 1 is 1.03 bits per heavy atom. The van der Waals surface area contributed by atoms with Gasteiger partial charge in [-0.2, -0.15) is 0 Å². The van der Waals surface area contributed by atoms with E-state index in [9.17, 15) is 4.79 Å². The van der Waals surface area contributed by atoms with Crippen LogP contribution in [0.15, 0.2) is 53.1 Å². The lowest BCUT2D eigenvalue weighted by Gasteiger charge is -2.09. The van der Waals surface area contributed by atoms with Crippen molar-refractivity contribution in [3.8, 4) is 28.7 Å². The van der Waals surface area contributed by atoms with Crippen LogP contribution in [0, 0.1) is 0 Å². The summed E-state index contributed by atoms with van der Waals surface area (Å²) in [6, 6.07) is 12.9. The summed E-state index contributed by atoms with van der Waals surface area (Å²) in [4.78, 5) is 17.2. The zero-order chi connectivity index (χ0) is 21.3. The Labute approximate surface area is 176 Å². The van der Waals surface area contributed by atoms with Crippen LogP contribution in [0.1, 0.15) is 42.7 Å². The number of carbonyl (C=O) groups is 1. The summed E-state index contributed by atoms with van der Waals surface area (Å²) < 4.78 is 22.2. The number of rotatable bonds is 11. The number of methoxy groups -OCH3 is 1. The fourth-order valence-corrected chi connectivity index (χ4v) is 3.04. The lowest BCUT2D eigenvalue weighted by atomic mass is 10.0. The smallest absolute Gasteiger partial charge is 0.226 e. The molecule has 0 aliphatic heterocycles. The number of para-hydroxylation sites is 1. The van der Waals surface area contributed by atoms with Gasteiger partial charge >= 0.3 is 0 Å². The van der Waals surface area contributed by atoms with E-state index in [0.717, 1.165) is 17.7 Å². The van der Waals surface area contributed by atoms with Crippen LogP contribution in [0.3, 0.4) is 0 Å². The van der Waals surface area contributed by atoms with Gasteiger partial charge in [-0.15, -0.1) is 0 Å². The Kier molecular flexibility index (Phi) is 7.49. The fraction of sp³-hybridized carbons (Fsp3) is 0.333. The maximum absolute atomic E-state index is 12.7. The predicted octanol–water partition coefficient (Wildman–Crippen LogP) is 5.35. The minimum Gasteiger partial charge on any atom is -0.493 e. The highest BCUT2D eigenvalue weighted by Crippen LogP contribution is 2.32. The van der Waals surface area contributed by atoms with Crippen molar-refractivity contribution in [2.24, 2.45) is 0 Å². The molecule has 0 aliphatic rings. The minimum absolute atomic E-state index is 0.0225. The lowest BCUT2D eigenvalue weighted by Crippen LogP contribution is -2.06. The Morgan fingerprint density at radius 2 is 1.87 bits per heavy atom. The van der Waals surface area contributed by atoms with Crippen molar-refractivity contribution in [1.29, 1.82) is 0 Å². The summed E-state index contributed by atoms with van der Waals surface area (Å²) >= 11 is 0. The zero-order valence-corrected chi connectivity index (χ0v) is 17.6. The number of oxazole rings is 1. The van der Waals surface area contributed by atoms with E-state index in [1.165, 1.54) is 0 Å². The molecule has 0 bridgehead atoms. The molecule has 0 saturated carbocycles. The molecule has 0 fully saturated rings. The van der Waals surface area contributed by atoms with Crippen LogP contribution >= 0.6 is 0 Å². The quantitative estimate of drug-likeness (QED) is 0.397. The van der Waals surface area contributed by atoms with Crippen LogP contribution < -0.4 is 14.2 Å². The number of Topliss-reactive ketones (excluding diaryl/α,β-unsaturated/α-hetero) is 1. The highest BCUT2D eigenvalue weighted by Gasteiger charge is 2.15. The van der Waals surface area contributed by atoms with E-state index in [2.05, 4.69) is 4.98 Å². The van der Waals surface area contributed by atoms with Gasteiger partial charge in [0.2, 0.25) is 5.89 Å². The predicted molar refractivity (Wildman–Crippen MR) is 115 cm³/mol. The summed E-state index contributed by atoms with van der Waals surface area (Å²) in [5.41, 5.74) is 2.11. The van der Waals surface area contributed by atoms with E-state index < -0.39 is 0 Å². The summed E-state index contributed by atoms with van der Waals surface area (Å²) in [7, 11) is 1.60. The van der Waals surface area contributed by atoms with Crippen LogP contribution in [0.4, 0.5) is 0 Å². The van der Waals surface area contributed by atoms with Gasteiger partial charge in [0.15, 0.2) is 17.3 Å². The number of aromatic nitrogens is 1. The molecule has 1 heterocycles. The van der Waals surface area contributed by atoms with Gasteiger partial charge in [0.1, 0.15) is 12.0 Å². The average molecular weight is 409 g/mol. The van der Waals surface area contributed by atoms with E-state index in [0.29, 0.717) is 54.8 Å².